The first-order chi connectivity index (χ1) is 12.6. The Bertz CT molecular complexity index is 486. The maximum Gasteiger partial charge on any atom is 0.223 e. The fraction of sp³-hybridized carbons (Fsp3) is 0.900. The van der Waals surface area contributed by atoms with Crippen molar-refractivity contribution >= 4 is 11.8 Å². The molecule has 0 aromatic rings. The van der Waals surface area contributed by atoms with E-state index in [4.69, 9.17) is 9.47 Å². The number of hydrogen-bond donors (Lipinski definition) is 1. The van der Waals surface area contributed by atoms with E-state index in [0.717, 1.165) is 32.2 Å². The molecule has 148 valence electrons. The zero-order chi connectivity index (χ0) is 18.4. The Hall–Kier alpha value is -1.14. The molecule has 2 amide bonds. The van der Waals surface area contributed by atoms with Crippen LogP contribution in [-0.4, -0.2) is 62.3 Å². The van der Waals surface area contributed by atoms with Crippen LogP contribution in [0.15, 0.2) is 0 Å². The fourth-order valence-electron chi connectivity index (χ4n) is 4.67. The van der Waals surface area contributed by atoms with Crippen molar-refractivity contribution in [2.75, 3.05) is 40.0 Å². The highest BCUT2D eigenvalue weighted by Crippen LogP contribution is 2.31. The van der Waals surface area contributed by atoms with Crippen molar-refractivity contribution in [1.29, 1.82) is 0 Å². The normalized spacial score (nSPS) is 27.8. The highest BCUT2D eigenvalue weighted by molar-refractivity contribution is 5.80. The van der Waals surface area contributed by atoms with E-state index in [2.05, 4.69) is 5.32 Å². The smallest absolute Gasteiger partial charge is 0.223 e. The molecule has 0 aromatic heterocycles. The third kappa shape index (κ3) is 4.97. The van der Waals surface area contributed by atoms with E-state index in [1.165, 1.54) is 25.7 Å². The van der Waals surface area contributed by atoms with Gasteiger partial charge >= 0.3 is 0 Å². The largest absolute Gasteiger partial charge is 0.385 e. The van der Waals surface area contributed by atoms with E-state index >= 15 is 0 Å². The van der Waals surface area contributed by atoms with Crippen molar-refractivity contribution in [1.82, 2.24) is 10.2 Å². The van der Waals surface area contributed by atoms with Crippen LogP contribution in [-0.2, 0) is 19.1 Å². The summed E-state index contributed by atoms with van der Waals surface area (Å²) in [6.07, 6.45) is 8.73. The molecular weight excluding hydrogens is 332 g/mol. The molecule has 1 atom stereocenters. The minimum Gasteiger partial charge on any atom is -0.385 e. The predicted octanol–water partition coefficient (Wildman–Crippen LogP) is 2.12. The van der Waals surface area contributed by atoms with Crippen LogP contribution in [0.5, 0.6) is 0 Å². The van der Waals surface area contributed by atoms with E-state index in [1.54, 1.807) is 7.11 Å². The van der Waals surface area contributed by atoms with Gasteiger partial charge in [0.2, 0.25) is 11.8 Å². The minimum absolute atomic E-state index is 0.0337. The zero-order valence-electron chi connectivity index (χ0n) is 16.1. The molecule has 6 heteroatoms. The lowest BCUT2D eigenvalue weighted by Gasteiger charge is -2.33. The van der Waals surface area contributed by atoms with Gasteiger partial charge in [-0.2, -0.15) is 0 Å². The Labute approximate surface area is 157 Å². The van der Waals surface area contributed by atoms with Gasteiger partial charge in [0, 0.05) is 52.4 Å². The summed E-state index contributed by atoms with van der Waals surface area (Å²) in [6.45, 7) is 3.28. The number of amides is 2. The molecule has 26 heavy (non-hydrogen) atoms. The molecule has 3 rings (SSSR count). The second-order valence-corrected chi connectivity index (χ2v) is 8.32. The maximum atomic E-state index is 12.8. The van der Waals surface area contributed by atoms with Crippen LogP contribution in [0.4, 0.5) is 0 Å². The van der Waals surface area contributed by atoms with Crippen LogP contribution in [0, 0.1) is 11.8 Å². The Morgan fingerprint density at radius 3 is 2.62 bits per heavy atom. The summed E-state index contributed by atoms with van der Waals surface area (Å²) >= 11 is 0. The van der Waals surface area contributed by atoms with E-state index in [-0.39, 0.29) is 23.3 Å². The molecule has 0 spiro atoms. The van der Waals surface area contributed by atoms with Crippen molar-refractivity contribution in [2.45, 2.75) is 63.3 Å². The number of methoxy groups -OCH3 is 1. The van der Waals surface area contributed by atoms with Gasteiger partial charge in [0.25, 0.3) is 0 Å². The monoisotopic (exact) mass is 366 g/mol. The summed E-state index contributed by atoms with van der Waals surface area (Å²) in [4.78, 5) is 27.5. The van der Waals surface area contributed by atoms with Gasteiger partial charge in [-0.05, 0) is 44.4 Å². The highest BCUT2D eigenvalue weighted by atomic mass is 16.5. The van der Waals surface area contributed by atoms with Crippen molar-refractivity contribution in [3.05, 3.63) is 0 Å². The molecule has 1 unspecified atom stereocenters. The molecule has 3 fully saturated rings. The Morgan fingerprint density at radius 1 is 1.19 bits per heavy atom. The first-order valence-electron chi connectivity index (χ1n) is 10.3. The van der Waals surface area contributed by atoms with Crippen LogP contribution < -0.4 is 5.32 Å². The quantitative estimate of drug-likeness (QED) is 0.749. The van der Waals surface area contributed by atoms with Gasteiger partial charge < -0.3 is 19.7 Å². The number of nitrogens with zero attached hydrogens (tertiary/aromatic N) is 1. The Kier molecular flexibility index (Phi) is 6.92. The molecule has 1 N–H and O–H groups in total. The average molecular weight is 367 g/mol. The summed E-state index contributed by atoms with van der Waals surface area (Å²) < 4.78 is 10.7. The lowest BCUT2D eigenvalue weighted by Crippen LogP contribution is -2.53. The lowest BCUT2D eigenvalue weighted by atomic mass is 9.91. The minimum atomic E-state index is -0.337. The summed E-state index contributed by atoms with van der Waals surface area (Å²) in [5.74, 6) is 0.978. The molecule has 6 nitrogen and oxygen atoms in total. The second kappa shape index (κ2) is 9.18. The third-order valence-corrected chi connectivity index (χ3v) is 6.41. The number of likely N-dealkylation sites (tertiary alicyclic amines) is 1. The summed E-state index contributed by atoms with van der Waals surface area (Å²) in [5, 5.41) is 3.31. The van der Waals surface area contributed by atoms with Crippen LogP contribution >= 0.6 is 0 Å². The second-order valence-electron chi connectivity index (χ2n) is 8.32. The molecule has 0 bridgehead atoms. The van der Waals surface area contributed by atoms with E-state index in [1.807, 2.05) is 4.90 Å². The van der Waals surface area contributed by atoms with Crippen LogP contribution in [0.3, 0.4) is 0 Å². The number of ether oxygens (including phenoxy) is 2. The number of hydrogen-bond acceptors (Lipinski definition) is 4. The van der Waals surface area contributed by atoms with Gasteiger partial charge in [-0.1, -0.05) is 12.8 Å². The number of rotatable bonds is 7. The summed E-state index contributed by atoms with van der Waals surface area (Å²) in [5.41, 5.74) is -0.337. The van der Waals surface area contributed by atoms with Gasteiger partial charge in [0.15, 0.2) is 0 Å². The molecule has 2 heterocycles. The van der Waals surface area contributed by atoms with Crippen molar-refractivity contribution in [3.8, 4) is 0 Å². The lowest BCUT2D eigenvalue weighted by molar-refractivity contribution is -0.133. The molecular formula is C20H34N2O4. The predicted molar refractivity (Wildman–Crippen MR) is 98.7 cm³/mol. The number of carbonyl (C=O) groups is 2. The summed E-state index contributed by atoms with van der Waals surface area (Å²) in [7, 11) is 1.69. The standard InChI is InChI=1S/C20H34N2O4/c1-25-13-9-20(21-19(24)17-6-11-26-12-7-17)8-10-22(15-20)18(23)14-16-4-2-3-5-16/h16-17H,2-15H2,1H3,(H,21,24). The fourth-order valence-corrected chi connectivity index (χ4v) is 4.67. The molecule has 1 aliphatic carbocycles. The van der Waals surface area contributed by atoms with Gasteiger partial charge in [-0.25, -0.2) is 0 Å². The van der Waals surface area contributed by atoms with Gasteiger partial charge in [-0.15, -0.1) is 0 Å². The molecule has 0 radical (unpaired) electrons. The van der Waals surface area contributed by atoms with Gasteiger partial charge in [-0.3, -0.25) is 9.59 Å². The summed E-state index contributed by atoms with van der Waals surface area (Å²) in [6, 6.07) is 0. The number of carbonyl (C=O) groups excluding carboxylic acids is 2. The Morgan fingerprint density at radius 2 is 1.92 bits per heavy atom. The van der Waals surface area contributed by atoms with Crippen molar-refractivity contribution in [2.24, 2.45) is 11.8 Å². The number of nitrogens with one attached hydrogen (secondary N) is 1. The van der Waals surface area contributed by atoms with Crippen LogP contribution in [0.25, 0.3) is 0 Å². The molecule has 0 aromatic carbocycles. The SMILES string of the molecule is COCCC1(NC(=O)C2CCOCC2)CCN(C(=O)CC2CCCC2)C1. The van der Waals surface area contributed by atoms with Crippen molar-refractivity contribution < 1.29 is 19.1 Å². The van der Waals surface area contributed by atoms with E-state index < -0.39 is 0 Å². The van der Waals surface area contributed by atoms with E-state index in [9.17, 15) is 9.59 Å². The molecule has 1 saturated carbocycles. The topological polar surface area (TPSA) is 67.9 Å². The van der Waals surface area contributed by atoms with E-state index in [0.29, 0.717) is 38.7 Å². The maximum absolute atomic E-state index is 12.8. The molecule has 2 aliphatic heterocycles. The van der Waals surface area contributed by atoms with Gasteiger partial charge in [0.05, 0.1) is 5.54 Å². The average Bonchev–Trinajstić information content (AvgIpc) is 3.31. The zero-order valence-corrected chi connectivity index (χ0v) is 16.1. The molecule has 3 aliphatic rings. The first kappa shape index (κ1) is 19.6. The van der Waals surface area contributed by atoms with Gasteiger partial charge in [0.1, 0.15) is 0 Å². The third-order valence-electron chi connectivity index (χ3n) is 6.41. The van der Waals surface area contributed by atoms with Crippen LogP contribution in [0.2, 0.25) is 0 Å². The first-order valence-corrected chi connectivity index (χ1v) is 10.3. The van der Waals surface area contributed by atoms with Crippen molar-refractivity contribution in [3.63, 3.8) is 0 Å². The Balaban J connectivity index is 1.58. The van der Waals surface area contributed by atoms with Crippen LogP contribution in [0.1, 0.15) is 57.8 Å². The molecule has 2 saturated heterocycles. The highest BCUT2D eigenvalue weighted by Gasteiger charge is 2.42.